The quantitative estimate of drug-likeness (QED) is 0.312. The number of fused-ring (bicyclic) bond motifs is 1. The smallest absolute Gasteiger partial charge is 0.340 e. The van der Waals surface area contributed by atoms with E-state index in [1.165, 1.54) is 6.92 Å². The molecule has 6 nitrogen and oxygen atoms in total. The minimum atomic E-state index is -0.419. The fourth-order valence-electron chi connectivity index (χ4n) is 4.46. The molecule has 1 fully saturated rings. The van der Waals surface area contributed by atoms with Crippen molar-refractivity contribution < 1.29 is 19.1 Å². The van der Waals surface area contributed by atoms with Gasteiger partial charge in [0.2, 0.25) is 0 Å². The molecule has 0 bridgehead atoms. The first-order valence-electron chi connectivity index (χ1n) is 11.4. The van der Waals surface area contributed by atoms with Crippen LogP contribution in [0, 0.1) is 5.92 Å². The predicted octanol–water partition coefficient (Wildman–Crippen LogP) is 5.73. The molecule has 174 valence electrons. The van der Waals surface area contributed by atoms with Crippen molar-refractivity contribution in [3.63, 3.8) is 0 Å². The molecule has 0 atom stereocenters. The molecule has 2 aromatic carbocycles. The van der Waals surface area contributed by atoms with Crippen LogP contribution in [0.3, 0.4) is 0 Å². The Labute approximate surface area is 202 Å². The zero-order valence-electron chi connectivity index (χ0n) is 19.3. The first-order chi connectivity index (χ1) is 15.9. The lowest BCUT2D eigenvalue weighted by Gasteiger charge is -2.30. The number of nitrogens with zero attached hydrogens (tertiary/aromatic N) is 2. The van der Waals surface area contributed by atoms with Crippen molar-refractivity contribution in [3.8, 4) is 11.4 Å². The number of halogens is 1. The van der Waals surface area contributed by atoms with Gasteiger partial charge in [0.05, 0.1) is 27.9 Å². The van der Waals surface area contributed by atoms with Crippen LogP contribution in [0.25, 0.3) is 16.6 Å². The van der Waals surface area contributed by atoms with E-state index in [4.69, 9.17) is 9.47 Å². The zero-order valence-corrected chi connectivity index (χ0v) is 20.9. The Hall–Kier alpha value is -2.64. The number of benzene rings is 2. The van der Waals surface area contributed by atoms with Crippen molar-refractivity contribution >= 4 is 38.8 Å². The van der Waals surface area contributed by atoms with E-state index >= 15 is 0 Å². The highest BCUT2D eigenvalue weighted by Crippen LogP contribution is 2.38. The van der Waals surface area contributed by atoms with Crippen LogP contribution in [0.4, 0.5) is 0 Å². The third-order valence-corrected chi connectivity index (χ3v) is 6.74. The van der Waals surface area contributed by atoms with Gasteiger partial charge in [0.15, 0.2) is 0 Å². The number of rotatable bonds is 6. The van der Waals surface area contributed by atoms with Gasteiger partial charge in [-0.2, -0.15) is 0 Å². The van der Waals surface area contributed by atoms with Gasteiger partial charge in [-0.1, -0.05) is 25.1 Å². The Morgan fingerprint density at radius 1 is 1.12 bits per heavy atom. The van der Waals surface area contributed by atoms with E-state index in [0.717, 1.165) is 42.8 Å². The SMILES string of the molecule is CCOC(=O)c1c(CN2CCC(C)CC2)n(-c2ccccc2)c2cc(Br)c(OC(C)=O)cc12. The molecular formula is C26H29BrN2O4. The predicted molar refractivity (Wildman–Crippen MR) is 132 cm³/mol. The summed E-state index contributed by atoms with van der Waals surface area (Å²) in [5, 5.41) is 0.706. The fourth-order valence-corrected chi connectivity index (χ4v) is 4.87. The molecule has 2 heterocycles. The number of aromatic nitrogens is 1. The number of para-hydroxylation sites is 1. The van der Waals surface area contributed by atoms with E-state index in [1.807, 2.05) is 36.4 Å². The molecule has 0 spiro atoms. The van der Waals surface area contributed by atoms with Crippen LogP contribution < -0.4 is 4.74 Å². The van der Waals surface area contributed by atoms with Crippen LogP contribution in [0.1, 0.15) is 49.7 Å². The van der Waals surface area contributed by atoms with Gasteiger partial charge in [0, 0.05) is 24.5 Å². The van der Waals surface area contributed by atoms with Crippen LogP contribution in [-0.4, -0.2) is 41.1 Å². The molecule has 1 aliphatic heterocycles. The third kappa shape index (κ3) is 4.99. The van der Waals surface area contributed by atoms with E-state index < -0.39 is 5.97 Å². The lowest BCUT2D eigenvalue weighted by atomic mass is 9.99. The average molecular weight is 513 g/mol. The minimum Gasteiger partial charge on any atom is -0.462 e. The largest absolute Gasteiger partial charge is 0.462 e. The first kappa shape index (κ1) is 23.5. The lowest BCUT2D eigenvalue weighted by molar-refractivity contribution is -0.131. The molecule has 0 aliphatic carbocycles. The second kappa shape index (κ2) is 10.1. The number of piperidine rings is 1. The highest BCUT2D eigenvalue weighted by Gasteiger charge is 2.28. The minimum absolute atomic E-state index is 0.283. The topological polar surface area (TPSA) is 60.8 Å². The second-order valence-electron chi connectivity index (χ2n) is 8.57. The number of likely N-dealkylation sites (tertiary alicyclic amines) is 1. The molecular weight excluding hydrogens is 484 g/mol. The maximum absolute atomic E-state index is 13.3. The average Bonchev–Trinajstić information content (AvgIpc) is 3.08. The van der Waals surface area contributed by atoms with Gasteiger partial charge in [-0.25, -0.2) is 4.79 Å². The van der Waals surface area contributed by atoms with Crippen molar-refractivity contribution in [1.82, 2.24) is 9.47 Å². The zero-order chi connectivity index (χ0) is 23.5. The van der Waals surface area contributed by atoms with Crippen molar-refractivity contribution in [2.75, 3.05) is 19.7 Å². The van der Waals surface area contributed by atoms with Crippen molar-refractivity contribution in [3.05, 3.63) is 58.2 Å². The summed E-state index contributed by atoms with van der Waals surface area (Å²) in [6, 6.07) is 13.7. The molecule has 1 aliphatic rings. The summed E-state index contributed by atoms with van der Waals surface area (Å²) in [6.45, 7) is 8.35. The summed E-state index contributed by atoms with van der Waals surface area (Å²) in [5.74, 6) is 0.309. The van der Waals surface area contributed by atoms with Gasteiger partial charge in [0.25, 0.3) is 0 Å². The van der Waals surface area contributed by atoms with Gasteiger partial charge in [-0.15, -0.1) is 0 Å². The van der Waals surface area contributed by atoms with Gasteiger partial charge in [-0.05, 0) is 79.0 Å². The van der Waals surface area contributed by atoms with Gasteiger partial charge >= 0.3 is 11.9 Å². The number of ether oxygens (including phenoxy) is 2. The Kier molecular flexibility index (Phi) is 7.20. The molecule has 33 heavy (non-hydrogen) atoms. The first-order valence-corrected chi connectivity index (χ1v) is 12.2. The Morgan fingerprint density at radius 3 is 2.45 bits per heavy atom. The summed E-state index contributed by atoms with van der Waals surface area (Å²) in [4.78, 5) is 27.3. The van der Waals surface area contributed by atoms with E-state index in [0.29, 0.717) is 33.6 Å². The number of carbonyl (C=O) groups is 2. The molecule has 7 heteroatoms. The molecule has 0 unspecified atom stereocenters. The molecule has 4 rings (SSSR count). The molecule has 0 saturated carbocycles. The van der Waals surface area contributed by atoms with Crippen LogP contribution in [0.5, 0.6) is 5.75 Å². The number of hydrogen-bond donors (Lipinski definition) is 0. The monoisotopic (exact) mass is 512 g/mol. The Balaban J connectivity index is 1.96. The summed E-state index contributed by atoms with van der Waals surface area (Å²) >= 11 is 3.54. The number of esters is 2. The lowest BCUT2D eigenvalue weighted by Crippen LogP contribution is -2.33. The van der Waals surface area contributed by atoms with E-state index in [9.17, 15) is 9.59 Å². The second-order valence-corrected chi connectivity index (χ2v) is 9.42. The third-order valence-electron chi connectivity index (χ3n) is 6.12. The van der Waals surface area contributed by atoms with Crippen molar-refractivity contribution in [2.24, 2.45) is 5.92 Å². The van der Waals surface area contributed by atoms with Gasteiger partial charge in [0.1, 0.15) is 5.75 Å². The summed E-state index contributed by atoms with van der Waals surface area (Å²) in [5.41, 5.74) is 3.23. The highest BCUT2D eigenvalue weighted by atomic mass is 79.9. The van der Waals surface area contributed by atoms with Crippen molar-refractivity contribution in [2.45, 2.75) is 40.2 Å². The molecule has 1 saturated heterocycles. The summed E-state index contributed by atoms with van der Waals surface area (Å²) in [6.07, 6.45) is 2.28. The molecule has 3 aromatic rings. The van der Waals surface area contributed by atoms with E-state index in [2.05, 4.69) is 32.3 Å². The molecule has 0 amide bonds. The molecule has 0 radical (unpaired) electrons. The van der Waals surface area contributed by atoms with Crippen LogP contribution in [0.2, 0.25) is 0 Å². The van der Waals surface area contributed by atoms with Crippen molar-refractivity contribution in [1.29, 1.82) is 0 Å². The van der Waals surface area contributed by atoms with E-state index in [-0.39, 0.29) is 12.6 Å². The maximum atomic E-state index is 13.3. The fraction of sp³-hybridized carbons (Fsp3) is 0.385. The van der Waals surface area contributed by atoms with Gasteiger partial charge in [-0.3, -0.25) is 9.69 Å². The highest BCUT2D eigenvalue weighted by molar-refractivity contribution is 9.10. The molecule has 1 aromatic heterocycles. The van der Waals surface area contributed by atoms with Crippen LogP contribution >= 0.6 is 15.9 Å². The number of hydrogen-bond acceptors (Lipinski definition) is 5. The van der Waals surface area contributed by atoms with Gasteiger partial charge < -0.3 is 14.0 Å². The van der Waals surface area contributed by atoms with E-state index in [1.54, 1.807) is 13.0 Å². The Bertz CT molecular complexity index is 1160. The number of carbonyl (C=O) groups excluding carboxylic acids is 2. The normalized spacial score (nSPS) is 15.0. The summed E-state index contributed by atoms with van der Waals surface area (Å²) in [7, 11) is 0. The van der Waals surface area contributed by atoms with Crippen LogP contribution in [-0.2, 0) is 16.1 Å². The summed E-state index contributed by atoms with van der Waals surface area (Å²) < 4.78 is 13.7. The molecule has 0 N–H and O–H groups in total. The maximum Gasteiger partial charge on any atom is 0.340 e. The Morgan fingerprint density at radius 2 is 1.82 bits per heavy atom. The standard InChI is InChI=1S/C26H29BrN2O4/c1-4-32-26(31)25-20-14-24(33-18(3)30)21(27)15-22(20)29(19-8-6-5-7-9-19)23(25)16-28-12-10-17(2)11-13-28/h5-9,14-15,17H,4,10-13,16H2,1-3H3. The van der Waals surface area contributed by atoms with Crippen LogP contribution in [0.15, 0.2) is 46.9 Å².